The van der Waals surface area contributed by atoms with Crippen molar-refractivity contribution in [1.29, 1.82) is 0 Å². The second kappa shape index (κ2) is 9.01. The summed E-state index contributed by atoms with van der Waals surface area (Å²) in [6, 6.07) is 11.4. The third-order valence-electron chi connectivity index (χ3n) is 3.46. The monoisotopic (exact) mass is 375 g/mol. The maximum absolute atomic E-state index is 12.1. The Morgan fingerprint density at radius 1 is 1.08 bits per heavy atom. The first-order valence-electron chi connectivity index (χ1n) is 7.78. The number of ether oxygens (including phenoxy) is 2. The van der Waals surface area contributed by atoms with Crippen LogP contribution in [0.25, 0.3) is 0 Å². The Morgan fingerprint density at radius 2 is 1.77 bits per heavy atom. The van der Waals surface area contributed by atoms with Crippen LogP contribution < -0.4 is 10.1 Å². The van der Waals surface area contributed by atoms with Gasteiger partial charge in [0.1, 0.15) is 5.75 Å². The molecule has 2 aromatic rings. The molecule has 0 saturated carbocycles. The first-order chi connectivity index (χ1) is 12.4. The van der Waals surface area contributed by atoms with E-state index >= 15 is 0 Å². The van der Waals surface area contributed by atoms with Gasteiger partial charge in [-0.3, -0.25) is 14.4 Å². The lowest BCUT2D eigenvalue weighted by atomic mass is 10.1. The highest BCUT2D eigenvalue weighted by Gasteiger charge is 2.12. The van der Waals surface area contributed by atoms with Crippen molar-refractivity contribution in [2.45, 2.75) is 13.3 Å². The number of esters is 1. The first kappa shape index (κ1) is 19.5. The normalized spacial score (nSPS) is 10.1. The zero-order chi connectivity index (χ0) is 19.1. The maximum Gasteiger partial charge on any atom is 0.310 e. The predicted molar refractivity (Wildman–Crippen MR) is 97.7 cm³/mol. The summed E-state index contributed by atoms with van der Waals surface area (Å²) in [5, 5.41) is 2.95. The Labute approximate surface area is 156 Å². The van der Waals surface area contributed by atoms with Gasteiger partial charge in [-0.05, 0) is 35.9 Å². The van der Waals surface area contributed by atoms with Gasteiger partial charge in [0, 0.05) is 18.2 Å². The number of hydrogen-bond donors (Lipinski definition) is 1. The largest absolute Gasteiger partial charge is 0.495 e. The Morgan fingerprint density at radius 3 is 2.35 bits per heavy atom. The van der Waals surface area contributed by atoms with E-state index in [0.717, 1.165) is 0 Å². The minimum atomic E-state index is -0.523. The van der Waals surface area contributed by atoms with Crippen LogP contribution in [0.4, 0.5) is 5.69 Å². The number of amides is 1. The number of nitrogens with one attached hydrogen (secondary N) is 1. The van der Waals surface area contributed by atoms with Gasteiger partial charge in [0.2, 0.25) is 5.91 Å². The van der Waals surface area contributed by atoms with Gasteiger partial charge in [-0.25, -0.2) is 0 Å². The minimum Gasteiger partial charge on any atom is -0.495 e. The standard InChI is InChI=1S/C19H18ClNO5/c1-12(22)21-15-6-3-13(4-7-15)9-19(24)26-11-17(23)14-5-8-18(25-2)16(20)10-14/h3-8,10H,9,11H2,1-2H3,(H,21,22). The summed E-state index contributed by atoms with van der Waals surface area (Å²) in [6.07, 6.45) is 0.0248. The Balaban J connectivity index is 1.87. The van der Waals surface area contributed by atoms with Gasteiger partial charge in [-0.1, -0.05) is 23.7 Å². The van der Waals surface area contributed by atoms with Crippen LogP contribution >= 0.6 is 11.6 Å². The van der Waals surface area contributed by atoms with Crippen molar-refractivity contribution in [3.8, 4) is 5.75 Å². The average molecular weight is 376 g/mol. The number of methoxy groups -OCH3 is 1. The molecule has 26 heavy (non-hydrogen) atoms. The number of benzene rings is 2. The molecule has 0 heterocycles. The summed E-state index contributed by atoms with van der Waals surface area (Å²) in [6.45, 7) is 1.05. The lowest BCUT2D eigenvalue weighted by Gasteiger charge is -2.07. The number of anilines is 1. The number of ketones is 1. The summed E-state index contributed by atoms with van der Waals surface area (Å²) in [5.74, 6) is -0.591. The lowest BCUT2D eigenvalue weighted by molar-refractivity contribution is -0.141. The molecule has 0 aromatic heterocycles. The van der Waals surface area contributed by atoms with Gasteiger partial charge in [0.05, 0.1) is 18.6 Å². The second-order valence-corrected chi connectivity index (χ2v) is 5.90. The third kappa shape index (κ3) is 5.60. The zero-order valence-electron chi connectivity index (χ0n) is 14.4. The molecule has 0 aliphatic heterocycles. The molecule has 6 nitrogen and oxygen atoms in total. The van der Waals surface area contributed by atoms with Gasteiger partial charge >= 0.3 is 5.97 Å². The number of Topliss-reactive ketones (excluding diaryl/α,β-unsaturated/α-hetero) is 1. The van der Waals surface area contributed by atoms with E-state index < -0.39 is 5.97 Å². The Bertz CT molecular complexity index is 817. The van der Waals surface area contributed by atoms with E-state index in [1.807, 2.05) is 0 Å². The lowest BCUT2D eigenvalue weighted by Crippen LogP contribution is -2.15. The highest BCUT2D eigenvalue weighted by molar-refractivity contribution is 6.32. The zero-order valence-corrected chi connectivity index (χ0v) is 15.1. The quantitative estimate of drug-likeness (QED) is 0.593. The highest BCUT2D eigenvalue weighted by Crippen LogP contribution is 2.25. The number of halogens is 1. The molecule has 7 heteroatoms. The summed E-state index contributed by atoms with van der Waals surface area (Å²) in [7, 11) is 1.48. The van der Waals surface area contributed by atoms with Crippen molar-refractivity contribution in [1.82, 2.24) is 0 Å². The van der Waals surface area contributed by atoms with E-state index in [1.165, 1.54) is 20.1 Å². The SMILES string of the molecule is COc1ccc(C(=O)COC(=O)Cc2ccc(NC(C)=O)cc2)cc1Cl. The van der Waals surface area contributed by atoms with Crippen molar-refractivity contribution in [3.63, 3.8) is 0 Å². The van der Waals surface area contributed by atoms with Crippen LogP contribution in [0.1, 0.15) is 22.8 Å². The molecule has 0 unspecified atom stereocenters. The molecule has 0 atom stereocenters. The molecular weight excluding hydrogens is 358 g/mol. The van der Waals surface area contributed by atoms with Crippen LogP contribution in [0.2, 0.25) is 5.02 Å². The summed E-state index contributed by atoms with van der Waals surface area (Å²) < 4.78 is 10.0. The second-order valence-electron chi connectivity index (χ2n) is 5.49. The summed E-state index contributed by atoms with van der Waals surface area (Å²) in [4.78, 5) is 34.9. The van der Waals surface area contributed by atoms with Gasteiger partial charge in [-0.15, -0.1) is 0 Å². The van der Waals surface area contributed by atoms with E-state index in [4.69, 9.17) is 21.1 Å². The fourth-order valence-corrected chi connectivity index (χ4v) is 2.45. The molecule has 2 aromatic carbocycles. The third-order valence-corrected chi connectivity index (χ3v) is 3.76. The average Bonchev–Trinajstić information content (AvgIpc) is 2.61. The Kier molecular flexibility index (Phi) is 6.74. The number of hydrogen-bond acceptors (Lipinski definition) is 5. The molecule has 0 bridgehead atoms. The van der Waals surface area contributed by atoms with E-state index in [-0.39, 0.29) is 24.7 Å². The van der Waals surface area contributed by atoms with Crippen LogP contribution in [0.15, 0.2) is 42.5 Å². The Hall–Kier alpha value is -2.86. The molecule has 0 aliphatic rings. The smallest absolute Gasteiger partial charge is 0.310 e. The molecule has 2 rings (SSSR count). The van der Waals surface area contributed by atoms with Crippen LogP contribution in [0.3, 0.4) is 0 Å². The predicted octanol–water partition coefficient (Wildman–Crippen LogP) is 3.28. The molecule has 1 N–H and O–H groups in total. The van der Waals surface area contributed by atoms with Crippen molar-refractivity contribution < 1.29 is 23.9 Å². The number of rotatable bonds is 7. The highest BCUT2D eigenvalue weighted by atomic mass is 35.5. The van der Waals surface area contributed by atoms with Crippen LogP contribution in [-0.2, 0) is 20.7 Å². The van der Waals surface area contributed by atoms with Crippen molar-refractivity contribution >= 4 is 34.9 Å². The summed E-state index contributed by atoms with van der Waals surface area (Å²) in [5.41, 5.74) is 1.69. The molecule has 1 amide bonds. The van der Waals surface area contributed by atoms with E-state index in [2.05, 4.69) is 5.32 Å². The number of carbonyl (C=O) groups is 3. The van der Waals surface area contributed by atoms with E-state index in [0.29, 0.717) is 27.6 Å². The van der Waals surface area contributed by atoms with Crippen molar-refractivity contribution in [2.75, 3.05) is 19.0 Å². The molecule has 136 valence electrons. The maximum atomic E-state index is 12.1. The van der Waals surface area contributed by atoms with E-state index in [1.54, 1.807) is 36.4 Å². The van der Waals surface area contributed by atoms with Crippen LogP contribution in [0.5, 0.6) is 5.75 Å². The molecule has 0 aliphatic carbocycles. The minimum absolute atomic E-state index is 0.0248. The summed E-state index contributed by atoms with van der Waals surface area (Å²) >= 11 is 5.98. The van der Waals surface area contributed by atoms with Crippen molar-refractivity contribution in [3.05, 3.63) is 58.6 Å². The fraction of sp³-hybridized carbons (Fsp3) is 0.211. The fourth-order valence-electron chi connectivity index (χ4n) is 2.20. The van der Waals surface area contributed by atoms with Gasteiger partial charge in [0.15, 0.2) is 12.4 Å². The topological polar surface area (TPSA) is 81.7 Å². The van der Waals surface area contributed by atoms with Crippen LogP contribution in [-0.4, -0.2) is 31.4 Å². The molecule has 0 fully saturated rings. The first-order valence-corrected chi connectivity index (χ1v) is 8.15. The number of carbonyl (C=O) groups excluding carboxylic acids is 3. The van der Waals surface area contributed by atoms with Gasteiger partial charge < -0.3 is 14.8 Å². The molecular formula is C19H18ClNO5. The van der Waals surface area contributed by atoms with Crippen molar-refractivity contribution in [2.24, 2.45) is 0 Å². The molecule has 0 spiro atoms. The van der Waals surface area contributed by atoms with Gasteiger partial charge in [-0.2, -0.15) is 0 Å². The van der Waals surface area contributed by atoms with Gasteiger partial charge in [0.25, 0.3) is 0 Å². The van der Waals surface area contributed by atoms with Crippen LogP contribution in [0, 0.1) is 0 Å². The molecule has 0 saturated heterocycles. The molecule has 0 radical (unpaired) electrons. The van der Waals surface area contributed by atoms with E-state index in [9.17, 15) is 14.4 Å².